The van der Waals surface area contributed by atoms with E-state index in [0.29, 0.717) is 13.1 Å². The number of rotatable bonds is 9. The van der Waals surface area contributed by atoms with Crippen molar-refractivity contribution in [3.05, 3.63) is 108 Å². The Morgan fingerprint density at radius 1 is 0.847 bits per heavy atom. The first-order valence-corrected chi connectivity index (χ1v) is 21.0. The lowest BCUT2D eigenvalue weighted by Gasteiger charge is -2.30. The summed E-state index contributed by atoms with van der Waals surface area (Å²) in [5.74, 6) is 1.42. The number of aromatic nitrogens is 4. The van der Waals surface area contributed by atoms with E-state index in [0.717, 1.165) is 107 Å². The summed E-state index contributed by atoms with van der Waals surface area (Å²) in [5, 5.41) is 5.01. The molecule has 59 heavy (non-hydrogen) atoms. The van der Waals surface area contributed by atoms with E-state index < -0.39 is 18.2 Å². The third-order valence-electron chi connectivity index (χ3n) is 12.7. The van der Waals surface area contributed by atoms with Gasteiger partial charge in [-0.3, -0.25) is 9.59 Å². The molecule has 2 aliphatic heterocycles. The highest BCUT2D eigenvalue weighted by molar-refractivity contribution is 5.91. The molecular formula is C47H52N8O4. The largest absolute Gasteiger partial charge is 0.453 e. The number of methoxy groups -OCH3 is 1. The second kappa shape index (κ2) is 16.0. The number of benzene rings is 3. The minimum Gasteiger partial charge on any atom is -0.453 e. The standard InChI is InChI=1S/C47H52N8O4/c1-27(2)41(53-47(58)59-3)46(57)55-22-8-12-39(55)44-50-36-20-18-33-24-32(17-19-35(33)42(36)52-44)29-13-14-31-25-34(16-15-30(31)23-29)37-26-49-43(51-37)38-11-7-21-54(38)45(56)40(48)28-9-5-4-6-10-28/h4-6,9,13-17,19,23-28,38-41H,7-8,10-12,18,20-22,48H2,1-3H3,(H,49,51)(H,50,52)(H,53,58)/t28?,38-,39-,40+,41-/m0/s1. The zero-order chi connectivity index (χ0) is 40.8. The Morgan fingerprint density at radius 3 is 2.27 bits per heavy atom. The van der Waals surface area contributed by atoms with Gasteiger partial charge in [0, 0.05) is 35.8 Å². The molecule has 5 aromatic rings. The van der Waals surface area contributed by atoms with Crippen LogP contribution in [0.4, 0.5) is 4.79 Å². The molecule has 3 amide bonds. The fraction of sp³-hybridized carbons (Fsp3) is 0.383. The van der Waals surface area contributed by atoms with Gasteiger partial charge in [0.25, 0.3) is 0 Å². The van der Waals surface area contributed by atoms with E-state index in [1.807, 2.05) is 48.1 Å². The number of hydrogen-bond donors (Lipinski definition) is 4. The molecule has 4 heterocycles. The number of carbonyl (C=O) groups is 3. The number of amides is 3. The molecule has 5 atom stereocenters. The van der Waals surface area contributed by atoms with Crippen LogP contribution in [0.3, 0.4) is 0 Å². The van der Waals surface area contributed by atoms with Gasteiger partial charge < -0.3 is 35.6 Å². The summed E-state index contributed by atoms with van der Waals surface area (Å²) in [4.78, 5) is 60.1. The van der Waals surface area contributed by atoms with Crippen molar-refractivity contribution in [2.24, 2.45) is 17.6 Å². The Balaban J connectivity index is 0.902. The maximum absolute atomic E-state index is 13.7. The summed E-state index contributed by atoms with van der Waals surface area (Å²) in [5.41, 5.74) is 15.2. The Morgan fingerprint density at radius 2 is 1.54 bits per heavy atom. The SMILES string of the molecule is COC(=O)N[C@H](C(=O)N1CCC[C@H]1c1nc2c([nH]1)CCc1cc(-c3ccc4cc(-c5cnc([C@@H]6CCCN6C(=O)[C@H](N)C6C=CC=CC6)[nH]5)ccc4c3)ccc1-2)C(C)C. The van der Waals surface area contributed by atoms with Gasteiger partial charge in [0.15, 0.2) is 0 Å². The first-order chi connectivity index (χ1) is 28.7. The molecule has 12 nitrogen and oxygen atoms in total. The summed E-state index contributed by atoms with van der Waals surface area (Å²) >= 11 is 0. The maximum Gasteiger partial charge on any atom is 0.407 e. The van der Waals surface area contributed by atoms with Crippen molar-refractivity contribution >= 4 is 28.7 Å². The van der Waals surface area contributed by atoms with Crippen LogP contribution in [0.1, 0.15) is 80.9 Å². The normalized spacial score (nSPS) is 20.8. The highest BCUT2D eigenvalue weighted by Gasteiger charge is 2.39. The predicted octanol–water partition coefficient (Wildman–Crippen LogP) is 7.55. The van der Waals surface area contributed by atoms with Crippen molar-refractivity contribution in [2.45, 2.75) is 83.0 Å². The van der Waals surface area contributed by atoms with Crippen molar-refractivity contribution in [3.8, 4) is 33.6 Å². The van der Waals surface area contributed by atoms with Crippen LogP contribution in [-0.2, 0) is 27.2 Å². The smallest absolute Gasteiger partial charge is 0.407 e. The fourth-order valence-electron chi connectivity index (χ4n) is 9.46. The molecule has 3 aromatic carbocycles. The minimum absolute atomic E-state index is 0.00952. The number of allylic oxidation sites excluding steroid dienone is 3. The van der Waals surface area contributed by atoms with Gasteiger partial charge in [0.2, 0.25) is 11.8 Å². The molecule has 0 saturated carbocycles. The van der Waals surface area contributed by atoms with Crippen molar-refractivity contribution in [1.82, 2.24) is 35.1 Å². The first kappa shape index (κ1) is 38.5. The first-order valence-electron chi connectivity index (χ1n) is 21.0. The van der Waals surface area contributed by atoms with Crippen LogP contribution in [0.5, 0.6) is 0 Å². The molecule has 304 valence electrons. The van der Waals surface area contributed by atoms with Crippen LogP contribution < -0.4 is 11.1 Å². The average Bonchev–Trinajstić information content (AvgIpc) is 4.11. The van der Waals surface area contributed by atoms with Crippen LogP contribution >= 0.6 is 0 Å². The zero-order valence-corrected chi connectivity index (χ0v) is 33.9. The number of nitrogens with zero attached hydrogens (tertiary/aromatic N) is 4. The average molecular weight is 793 g/mol. The van der Waals surface area contributed by atoms with Crippen molar-refractivity contribution in [2.75, 3.05) is 20.2 Å². The Kier molecular flexibility index (Phi) is 10.4. The van der Waals surface area contributed by atoms with E-state index in [1.54, 1.807) is 0 Å². The predicted molar refractivity (Wildman–Crippen MR) is 228 cm³/mol. The summed E-state index contributed by atoms with van der Waals surface area (Å²) in [6.07, 6.45) is 15.3. The van der Waals surface area contributed by atoms with Crippen molar-refractivity contribution in [1.29, 1.82) is 0 Å². The van der Waals surface area contributed by atoms with Gasteiger partial charge in [-0.2, -0.15) is 0 Å². The molecule has 2 aromatic heterocycles. The lowest BCUT2D eigenvalue weighted by atomic mass is 9.89. The van der Waals surface area contributed by atoms with Crippen molar-refractivity contribution < 1.29 is 19.1 Å². The number of imidazole rings is 2. The fourth-order valence-corrected chi connectivity index (χ4v) is 9.46. The molecular weight excluding hydrogens is 741 g/mol. The number of nitrogens with two attached hydrogens (primary N) is 1. The number of carbonyl (C=O) groups excluding carboxylic acids is 3. The number of alkyl carbamates (subject to hydrolysis) is 1. The van der Waals surface area contributed by atoms with E-state index in [-0.39, 0.29) is 35.7 Å². The van der Waals surface area contributed by atoms with E-state index in [1.165, 1.54) is 12.7 Å². The van der Waals surface area contributed by atoms with Gasteiger partial charge in [-0.15, -0.1) is 0 Å². The number of aromatic amines is 2. The number of aryl methyl sites for hydroxylation is 2. The number of nitrogens with one attached hydrogen (secondary N) is 3. The van der Waals surface area contributed by atoms with Crippen LogP contribution in [0, 0.1) is 11.8 Å². The van der Waals surface area contributed by atoms with Crippen LogP contribution in [0.25, 0.3) is 44.4 Å². The molecule has 0 bridgehead atoms. The summed E-state index contributed by atoms with van der Waals surface area (Å²) in [6, 6.07) is 18.2. The molecule has 0 radical (unpaired) electrons. The lowest BCUT2D eigenvalue weighted by Crippen LogP contribution is -2.51. The highest BCUT2D eigenvalue weighted by atomic mass is 16.5. The Labute approximate surface area is 344 Å². The topological polar surface area (TPSA) is 162 Å². The van der Waals surface area contributed by atoms with E-state index >= 15 is 0 Å². The molecule has 2 saturated heterocycles. The van der Waals surface area contributed by atoms with Gasteiger partial charge in [0.1, 0.15) is 17.7 Å². The zero-order valence-electron chi connectivity index (χ0n) is 33.9. The number of H-pyrrole nitrogens is 2. The second-order valence-corrected chi connectivity index (χ2v) is 16.8. The van der Waals surface area contributed by atoms with Crippen LogP contribution in [0.2, 0.25) is 0 Å². The summed E-state index contributed by atoms with van der Waals surface area (Å²) < 4.78 is 4.80. The van der Waals surface area contributed by atoms with Gasteiger partial charge >= 0.3 is 6.09 Å². The molecule has 9 rings (SSSR count). The number of ether oxygens (including phenoxy) is 1. The quantitative estimate of drug-likeness (QED) is 0.120. The number of likely N-dealkylation sites (tertiary alicyclic amines) is 2. The summed E-state index contributed by atoms with van der Waals surface area (Å²) in [6.45, 7) is 5.16. The molecule has 0 spiro atoms. The minimum atomic E-state index is -0.673. The van der Waals surface area contributed by atoms with Gasteiger partial charge in [-0.1, -0.05) is 80.6 Å². The number of fused-ring (bicyclic) bond motifs is 4. The molecule has 1 unspecified atom stereocenters. The van der Waals surface area contributed by atoms with E-state index in [4.69, 9.17) is 20.4 Å². The van der Waals surface area contributed by atoms with Crippen molar-refractivity contribution in [3.63, 3.8) is 0 Å². The Hall–Kier alpha value is -6.01. The molecule has 2 aliphatic carbocycles. The third kappa shape index (κ3) is 7.35. The molecule has 12 heteroatoms. The highest BCUT2D eigenvalue weighted by Crippen LogP contribution is 2.40. The van der Waals surface area contributed by atoms with Crippen LogP contribution in [-0.4, -0.2) is 79.9 Å². The molecule has 2 fully saturated rings. The molecule has 4 aliphatic rings. The van der Waals surface area contributed by atoms with Gasteiger partial charge in [-0.05, 0) is 90.5 Å². The Bertz CT molecular complexity index is 2480. The monoisotopic (exact) mass is 792 g/mol. The third-order valence-corrected chi connectivity index (χ3v) is 12.7. The van der Waals surface area contributed by atoms with E-state index in [2.05, 4.69) is 76.0 Å². The van der Waals surface area contributed by atoms with Gasteiger partial charge in [-0.25, -0.2) is 14.8 Å². The number of hydrogen-bond acceptors (Lipinski definition) is 7. The van der Waals surface area contributed by atoms with Crippen LogP contribution in [0.15, 0.2) is 85.1 Å². The molecule has 5 N–H and O–H groups in total. The second-order valence-electron chi connectivity index (χ2n) is 16.8. The van der Waals surface area contributed by atoms with E-state index in [9.17, 15) is 14.4 Å². The lowest BCUT2D eigenvalue weighted by molar-refractivity contribution is -0.135. The van der Waals surface area contributed by atoms with Gasteiger partial charge in [0.05, 0.1) is 42.8 Å². The maximum atomic E-state index is 13.7. The summed E-state index contributed by atoms with van der Waals surface area (Å²) in [7, 11) is 1.31.